The fourth-order valence-corrected chi connectivity index (χ4v) is 3.41. The van der Waals surface area contributed by atoms with Crippen LogP contribution in [0.15, 0.2) is 53.4 Å². The van der Waals surface area contributed by atoms with Gasteiger partial charge in [0.15, 0.2) is 0 Å². The van der Waals surface area contributed by atoms with Gasteiger partial charge in [-0.25, -0.2) is 13.1 Å². The second-order valence-corrected chi connectivity index (χ2v) is 7.44. The maximum absolute atomic E-state index is 12.5. The lowest BCUT2D eigenvalue weighted by molar-refractivity contribution is 0.107. The predicted molar refractivity (Wildman–Crippen MR) is 100 cm³/mol. The molecule has 0 radical (unpaired) electrons. The number of nitrogens with one attached hydrogen (secondary N) is 1. The second kappa shape index (κ2) is 9.56. The number of hydrogen-bond donors (Lipinski definition) is 1. The summed E-state index contributed by atoms with van der Waals surface area (Å²) in [5, 5.41) is 0. The molecule has 7 heteroatoms. The number of rotatable bonds is 10. The Morgan fingerprint density at radius 2 is 1.77 bits per heavy atom. The average Bonchev–Trinajstić information content (AvgIpc) is 2.67. The van der Waals surface area contributed by atoms with Gasteiger partial charge in [0.2, 0.25) is 10.0 Å². The summed E-state index contributed by atoms with van der Waals surface area (Å²) in [6.07, 6.45) is 0.469. The molecule has 0 aliphatic heterocycles. The van der Waals surface area contributed by atoms with E-state index in [1.54, 1.807) is 19.2 Å². The van der Waals surface area contributed by atoms with Gasteiger partial charge in [-0.3, -0.25) is 0 Å². The third-order valence-corrected chi connectivity index (χ3v) is 5.26. The molecule has 0 aliphatic carbocycles. The van der Waals surface area contributed by atoms with Crippen LogP contribution in [0, 0.1) is 0 Å². The molecule has 0 amide bonds. The van der Waals surface area contributed by atoms with Gasteiger partial charge in [-0.2, -0.15) is 0 Å². The van der Waals surface area contributed by atoms with E-state index in [4.69, 9.17) is 14.2 Å². The normalized spacial score (nSPS) is 12.6. The minimum Gasteiger partial charge on any atom is -0.497 e. The zero-order valence-corrected chi connectivity index (χ0v) is 16.1. The van der Waals surface area contributed by atoms with E-state index in [1.807, 2.05) is 31.2 Å². The summed E-state index contributed by atoms with van der Waals surface area (Å²) < 4.78 is 43.7. The molecule has 1 unspecified atom stereocenters. The first kappa shape index (κ1) is 20.2. The Hall–Kier alpha value is -2.09. The highest BCUT2D eigenvalue weighted by molar-refractivity contribution is 7.89. The van der Waals surface area contributed by atoms with Gasteiger partial charge >= 0.3 is 0 Å². The van der Waals surface area contributed by atoms with E-state index in [0.29, 0.717) is 18.1 Å². The minimum absolute atomic E-state index is 0.111. The zero-order chi connectivity index (χ0) is 19.0. The number of sulfonamides is 1. The van der Waals surface area contributed by atoms with Crippen LogP contribution in [0.1, 0.15) is 25.0 Å². The lowest BCUT2D eigenvalue weighted by Crippen LogP contribution is -2.29. The van der Waals surface area contributed by atoms with Crippen LogP contribution in [0.4, 0.5) is 0 Å². The summed E-state index contributed by atoms with van der Waals surface area (Å²) in [5.74, 6) is 1.34. The van der Waals surface area contributed by atoms with Crippen LogP contribution in [0.2, 0.25) is 0 Å². The van der Waals surface area contributed by atoms with Gasteiger partial charge in [-0.05, 0) is 48.4 Å². The zero-order valence-electron chi connectivity index (χ0n) is 15.3. The summed E-state index contributed by atoms with van der Waals surface area (Å²) in [6.45, 7) is 2.72. The molecular weight excluding hydrogens is 354 g/mol. The summed E-state index contributed by atoms with van der Waals surface area (Å²) >= 11 is 0. The molecule has 26 heavy (non-hydrogen) atoms. The first-order chi connectivity index (χ1) is 12.5. The largest absolute Gasteiger partial charge is 0.497 e. The molecular formula is C19H25NO5S. The molecule has 1 atom stereocenters. The molecule has 6 nitrogen and oxygen atoms in total. The van der Waals surface area contributed by atoms with Crippen molar-refractivity contribution in [2.24, 2.45) is 0 Å². The van der Waals surface area contributed by atoms with Crippen LogP contribution < -0.4 is 14.2 Å². The summed E-state index contributed by atoms with van der Waals surface area (Å²) in [5.41, 5.74) is 0.831. The highest BCUT2D eigenvalue weighted by Gasteiger charge is 2.18. The van der Waals surface area contributed by atoms with Crippen LogP contribution in [-0.2, 0) is 14.8 Å². The molecule has 0 aliphatic rings. The SMILES string of the molecule is CCCOc1ccc(S(=O)(=O)NCC(OC)c2cccc(OC)c2)cc1. The quantitative estimate of drug-likeness (QED) is 0.686. The molecule has 0 heterocycles. The van der Waals surface area contributed by atoms with Gasteiger partial charge in [0.05, 0.1) is 24.7 Å². The van der Waals surface area contributed by atoms with Crippen molar-refractivity contribution < 1.29 is 22.6 Å². The Morgan fingerprint density at radius 3 is 2.38 bits per heavy atom. The molecule has 0 aromatic heterocycles. The molecule has 2 rings (SSSR count). The Labute approximate surface area is 155 Å². The standard InChI is InChI=1S/C19H25NO5S/c1-4-12-25-16-8-10-18(11-9-16)26(21,22)20-14-19(24-3)15-6-5-7-17(13-15)23-2/h5-11,13,19-20H,4,12,14H2,1-3H3. The van der Waals surface area contributed by atoms with E-state index in [0.717, 1.165) is 12.0 Å². The van der Waals surface area contributed by atoms with E-state index in [2.05, 4.69) is 4.72 Å². The highest BCUT2D eigenvalue weighted by Crippen LogP contribution is 2.22. The van der Waals surface area contributed by atoms with Gasteiger partial charge in [0.1, 0.15) is 11.5 Å². The van der Waals surface area contributed by atoms with E-state index >= 15 is 0 Å². The average molecular weight is 379 g/mol. The van der Waals surface area contributed by atoms with E-state index < -0.39 is 16.1 Å². The maximum atomic E-state index is 12.5. The lowest BCUT2D eigenvalue weighted by Gasteiger charge is -2.17. The van der Waals surface area contributed by atoms with Gasteiger partial charge in [0, 0.05) is 13.7 Å². The number of methoxy groups -OCH3 is 2. The van der Waals surface area contributed by atoms with Crippen LogP contribution in [0.3, 0.4) is 0 Å². The molecule has 0 saturated carbocycles. The Balaban J connectivity index is 2.05. The van der Waals surface area contributed by atoms with Gasteiger partial charge in [-0.1, -0.05) is 19.1 Å². The van der Waals surface area contributed by atoms with Crippen molar-refractivity contribution in [3.63, 3.8) is 0 Å². The first-order valence-corrected chi connectivity index (χ1v) is 9.87. The monoisotopic (exact) mass is 379 g/mol. The fraction of sp³-hybridized carbons (Fsp3) is 0.368. The van der Waals surface area contributed by atoms with Gasteiger partial charge in [-0.15, -0.1) is 0 Å². The van der Waals surface area contributed by atoms with E-state index in [-0.39, 0.29) is 11.4 Å². The van der Waals surface area contributed by atoms with Crippen molar-refractivity contribution in [3.05, 3.63) is 54.1 Å². The summed E-state index contributed by atoms with van der Waals surface area (Å²) in [4.78, 5) is 0.182. The Morgan fingerprint density at radius 1 is 1.04 bits per heavy atom. The number of hydrogen-bond acceptors (Lipinski definition) is 5. The molecule has 0 fully saturated rings. The van der Waals surface area contributed by atoms with Gasteiger partial charge in [0.25, 0.3) is 0 Å². The molecule has 2 aromatic carbocycles. The van der Waals surface area contributed by atoms with Crippen molar-refractivity contribution in [2.45, 2.75) is 24.3 Å². The van der Waals surface area contributed by atoms with Crippen LogP contribution in [-0.4, -0.2) is 35.8 Å². The Kier molecular flexibility index (Phi) is 7.44. The van der Waals surface area contributed by atoms with Crippen molar-refractivity contribution in [2.75, 3.05) is 27.4 Å². The second-order valence-electron chi connectivity index (χ2n) is 5.67. The smallest absolute Gasteiger partial charge is 0.240 e. The molecule has 2 aromatic rings. The predicted octanol–water partition coefficient (Wildman–Crippen LogP) is 3.15. The number of ether oxygens (including phenoxy) is 3. The fourth-order valence-electron chi connectivity index (χ4n) is 2.38. The molecule has 1 N–H and O–H groups in total. The maximum Gasteiger partial charge on any atom is 0.240 e. The molecule has 0 bridgehead atoms. The van der Waals surface area contributed by atoms with Crippen LogP contribution in [0.5, 0.6) is 11.5 Å². The van der Waals surface area contributed by atoms with Crippen molar-refractivity contribution in [1.82, 2.24) is 4.72 Å². The Bertz CT molecular complexity index is 790. The minimum atomic E-state index is -3.64. The third-order valence-electron chi connectivity index (χ3n) is 3.82. The van der Waals surface area contributed by atoms with Crippen molar-refractivity contribution in [1.29, 1.82) is 0 Å². The van der Waals surface area contributed by atoms with Crippen molar-refractivity contribution >= 4 is 10.0 Å². The van der Waals surface area contributed by atoms with Crippen molar-refractivity contribution in [3.8, 4) is 11.5 Å². The highest BCUT2D eigenvalue weighted by atomic mass is 32.2. The number of benzene rings is 2. The molecule has 142 valence electrons. The van der Waals surface area contributed by atoms with Crippen LogP contribution in [0.25, 0.3) is 0 Å². The molecule has 0 saturated heterocycles. The van der Waals surface area contributed by atoms with E-state index in [9.17, 15) is 8.42 Å². The summed E-state index contributed by atoms with van der Waals surface area (Å²) in [7, 11) is -0.522. The van der Waals surface area contributed by atoms with E-state index in [1.165, 1.54) is 19.2 Å². The first-order valence-electron chi connectivity index (χ1n) is 8.39. The third kappa shape index (κ3) is 5.45. The lowest BCUT2D eigenvalue weighted by atomic mass is 10.1. The topological polar surface area (TPSA) is 73.9 Å². The van der Waals surface area contributed by atoms with Gasteiger partial charge < -0.3 is 14.2 Å². The molecule has 0 spiro atoms. The summed E-state index contributed by atoms with van der Waals surface area (Å²) in [6, 6.07) is 13.7. The van der Waals surface area contributed by atoms with Crippen LogP contribution >= 0.6 is 0 Å².